The fraction of sp³-hybridized carbons (Fsp3) is 0.480. The zero-order valence-electron chi connectivity index (χ0n) is 19.1. The Balaban J connectivity index is 2.13. The largest absolute Gasteiger partial charge is 0.486 e. The van der Waals surface area contributed by atoms with Crippen LogP contribution in [0.1, 0.15) is 73.9 Å². The number of nitrogens with one attached hydrogen (secondary N) is 1. The highest BCUT2D eigenvalue weighted by Gasteiger charge is 2.45. The van der Waals surface area contributed by atoms with E-state index in [-0.39, 0.29) is 11.5 Å². The predicted molar refractivity (Wildman–Crippen MR) is 118 cm³/mol. The Hall–Kier alpha value is -2.49. The molecule has 156 valence electrons. The summed E-state index contributed by atoms with van der Waals surface area (Å²) in [5, 5.41) is 3.00. The third-order valence-corrected chi connectivity index (χ3v) is 5.69. The van der Waals surface area contributed by atoms with Gasteiger partial charge in [0.05, 0.1) is 11.6 Å². The second-order valence-electron chi connectivity index (χ2n) is 9.67. The number of amides is 1. The molecule has 1 aliphatic heterocycles. The first-order valence-electron chi connectivity index (χ1n) is 10.2. The van der Waals surface area contributed by atoms with Crippen LogP contribution >= 0.6 is 0 Å². The van der Waals surface area contributed by atoms with Gasteiger partial charge in [0.25, 0.3) is 0 Å². The highest BCUT2D eigenvalue weighted by molar-refractivity contribution is 5.89. The van der Waals surface area contributed by atoms with Gasteiger partial charge in [0.15, 0.2) is 0 Å². The molecule has 0 radical (unpaired) electrons. The molecule has 0 bridgehead atoms. The second kappa shape index (κ2) is 7.08. The number of fused-ring (bicyclic) bond motifs is 1. The van der Waals surface area contributed by atoms with Crippen LogP contribution in [0, 0.1) is 27.7 Å². The molecular weight excluding hydrogens is 362 g/mol. The number of carbonyl (C=O) groups is 1. The molecular formula is C25H33NO3. The van der Waals surface area contributed by atoms with Gasteiger partial charge in [-0.25, -0.2) is 4.79 Å². The van der Waals surface area contributed by atoms with Crippen LogP contribution in [0.4, 0.5) is 10.5 Å². The molecule has 0 aliphatic carbocycles. The van der Waals surface area contributed by atoms with Gasteiger partial charge in [-0.05, 0) is 84.6 Å². The first-order chi connectivity index (χ1) is 13.3. The molecule has 29 heavy (non-hydrogen) atoms. The lowest BCUT2D eigenvalue weighted by Crippen LogP contribution is -2.31. The van der Waals surface area contributed by atoms with E-state index in [1.54, 1.807) is 0 Å². The summed E-state index contributed by atoms with van der Waals surface area (Å²) in [5.41, 5.74) is 6.57. The highest BCUT2D eigenvalue weighted by Crippen LogP contribution is 2.53. The molecule has 1 atom stereocenters. The third kappa shape index (κ3) is 3.98. The Morgan fingerprint density at radius 1 is 1.00 bits per heavy atom. The van der Waals surface area contributed by atoms with Crippen LogP contribution in [0.5, 0.6) is 5.75 Å². The number of aryl methyl sites for hydroxylation is 1. The smallest absolute Gasteiger partial charge is 0.412 e. The molecule has 0 saturated heterocycles. The zero-order chi connectivity index (χ0) is 21.7. The fourth-order valence-corrected chi connectivity index (χ4v) is 4.21. The lowest BCUT2D eigenvalue weighted by atomic mass is 9.78. The van der Waals surface area contributed by atoms with Gasteiger partial charge in [0.1, 0.15) is 17.0 Å². The first kappa shape index (κ1) is 21.2. The Morgan fingerprint density at radius 3 is 2.14 bits per heavy atom. The van der Waals surface area contributed by atoms with Gasteiger partial charge in [0.2, 0.25) is 0 Å². The van der Waals surface area contributed by atoms with Gasteiger partial charge < -0.3 is 9.47 Å². The number of rotatable bonds is 2. The number of anilines is 1. The van der Waals surface area contributed by atoms with Crippen molar-refractivity contribution >= 4 is 11.8 Å². The molecule has 3 rings (SSSR count). The summed E-state index contributed by atoms with van der Waals surface area (Å²) in [6.45, 7) is 18.1. The van der Waals surface area contributed by atoms with Gasteiger partial charge in [-0.15, -0.1) is 0 Å². The number of hydrogen-bond donors (Lipinski definition) is 1. The van der Waals surface area contributed by atoms with Crippen LogP contribution in [0.2, 0.25) is 0 Å². The monoisotopic (exact) mass is 395 g/mol. The van der Waals surface area contributed by atoms with Crippen LogP contribution in [-0.2, 0) is 4.74 Å². The van der Waals surface area contributed by atoms with Crippen molar-refractivity contribution < 1.29 is 14.3 Å². The van der Waals surface area contributed by atoms with Crippen molar-refractivity contribution in [3.05, 3.63) is 57.6 Å². The van der Waals surface area contributed by atoms with Crippen LogP contribution in [-0.4, -0.2) is 17.3 Å². The van der Waals surface area contributed by atoms with Crippen molar-refractivity contribution in [2.24, 2.45) is 0 Å². The van der Waals surface area contributed by atoms with Crippen molar-refractivity contribution in [3.63, 3.8) is 0 Å². The fourth-order valence-electron chi connectivity index (χ4n) is 4.21. The second-order valence-corrected chi connectivity index (χ2v) is 9.67. The van der Waals surface area contributed by atoms with Gasteiger partial charge in [0, 0.05) is 5.56 Å². The highest BCUT2D eigenvalue weighted by atomic mass is 16.6. The summed E-state index contributed by atoms with van der Waals surface area (Å²) in [6.07, 6.45) is -0.437. The molecule has 1 amide bonds. The SMILES string of the molecule is Cc1ccc(C2c3c(C)c(NC(=O)OC(C)(C)C)c(C)c(C)c3OC2(C)C)cc1. The van der Waals surface area contributed by atoms with Crippen LogP contribution in [0.15, 0.2) is 24.3 Å². The molecule has 2 aromatic rings. The minimum absolute atomic E-state index is 0.0802. The van der Waals surface area contributed by atoms with E-state index in [1.807, 2.05) is 27.7 Å². The molecule has 2 aromatic carbocycles. The number of carbonyl (C=O) groups excluding carboxylic acids is 1. The maximum atomic E-state index is 12.5. The molecule has 1 heterocycles. The van der Waals surface area contributed by atoms with Crippen molar-refractivity contribution in [2.45, 2.75) is 79.4 Å². The lowest BCUT2D eigenvalue weighted by molar-refractivity contribution is 0.0635. The quantitative estimate of drug-likeness (QED) is 0.625. The van der Waals surface area contributed by atoms with Crippen molar-refractivity contribution in [1.29, 1.82) is 0 Å². The van der Waals surface area contributed by atoms with Gasteiger partial charge in [-0.2, -0.15) is 0 Å². The molecule has 4 heteroatoms. The Morgan fingerprint density at radius 2 is 1.59 bits per heavy atom. The Bertz CT molecular complexity index is 950. The number of ether oxygens (including phenoxy) is 2. The number of benzene rings is 2. The van der Waals surface area contributed by atoms with Gasteiger partial charge in [-0.3, -0.25) is 5.32 Å². The van der Waals surface area contributed by atoms with E-state index in [1.165, 1.54) is 11.1 Å². The summed E-state index contributed by atoms with van der Waals surface area (Å²) in [5.74, 6) is 1.02. The number of hydrogen-bond acceptors (Lipinski definition) is 3. The minimum Gasteiger partial charge on any atom is -0.486 e. The summed E-state index contributed by atoms with van der Waals surface area (Å²) >= 11 is 0. The molecule has 0 aromatic heterocycles. The summed E-state index contributed by atoms with van der Waals surface area (Å²) in [7, 11) is 0. The maximum Gasteiger partial charge on any atom is 0.412 e. The molecule has 0 saturated carbocycles. The molecule has 4 nitrogen and oxygen atoms in total. The Kier molecular flexibility index (Phi) is 5.18. The van der Waals surface area contributed by atoms with Crippen LogP contribution in [0.3, 0.4) is 0 Å². The van der Waals surface area contributed by atoms with E-state index in [0.717, 1.165) is 33.7 Å². The third-order valence-electron chi connectivity index (χ3n) is 5.69. The first-order valence-corrected chi connectivity index (χ1v) is 10.2. The standard InChI is InChI=1S/C25H33NO3/c1-14-10-12-18(13-11-14)20-19-17(4)21(26-23(27)29-24(5,6)7)15(2)16(3)22(19)28-25(20,8)9/h10-13,20H,1-9H3,(H,26,27). The molecule has 1 aliphatic rings. The summed E-state index contributed by atoms with van der Waals surface area (Å²) in [4.78, 5) is 12.5. The van der Waals surface area contributed by atoms with E-state index in [9.17, 15) is 4.79 Å². The average Bonchev–Trinajstić information content (AvgIpc) is 2.87. The van der Waals surface area contributed by atoms with E-state index >= 15 is 0 Å². The van der Waals surface area contributed by atoms with E-state index in [4.69, 9.17) is 9.47 Å². The topological polar surface area (TPSA) is 47.6 Å². The minimum atomic E-state index is -0.548. The normalized spacial score (nSPS) is 17.5. The molecule has 1 N–H and O–H groups in total. The van der Waals surface area contributed by atoms with E-state index < -0.39 is 11.7 Å². The summed E-state index contributed by atoms with van der Waals surface area (Å²) < 4.78 is 12.0. The lowest BCUT2D eigenvalue weighted by Gasteiger charge is -2.27. The molecule has 1 unspecified atom stereocenters. The molecule has 0 fully saturated rings. The van der Waals surface area contributed by atoms with Crippen molar-refractivity contribution in [3.8, 4) is 5.75 Å². The van der Waals surface area contributed by atoms with Crippen molar-refractivity contribution in [2.75, 3.05) is 5.32 Å². The van der Waals surface area contributed by atoms with Crippen molar-refractivity contribution in [1.82, 2.24) is 0 Å². The van der Waals surface area contributed by atoms with E-state index in [0.29, 0.717) is 0 Å². The summed E-state index contributed by atoms with van der Waals surface area (Å²) in [6, 6.07) is 8.63. The van der Waals surface area contributed by atoms with E-state index in [2.05, 4.69) is 64.2 Å². The van der Waals surface area contributed by atoms with Gasteiger partial charge >= 0.3 is 6.09 Å². The van der Waals surface area contributed by atoms with Gasteiger partial charge in [-0.1, -0.05) is 29.8 Å². The van der Waals surface area contributed by atoms with Crippen LogP contribution in [0.25, 0.3) is 0 Å². The zero-order valence-corrected chi connectivity index (χ0v) is 19.1. The maximum absolute atomic E-state index is 12.5. The Labute approximate surface area is 174 Å². The molecule has 0 spiro atoms. The van der Waals surface area contributed by atoms with Crippen LogP contribution < -0.4 is 10.1 Å². The predicted octanol–water partition coefficient (Wildman–Crippen LogP) is 6.57. The average molecular weight is 396 g/mol.